The molecule has 2 atom stereocenters. The van der Waals surface area contributed by atoms with Crippen molar-refractivity contribution in [3.8, 4) is 0 Å². The summed E-state index contributed by atoms with van der Waals surface area (Å²) >= 11 is 17.3. The van der Waals surface area contributed by atoms with E-state index in [1.54, 1.807) is 6.92 Å². The van der Waals surface area contributed by atoms with Crippen LogP contribution < -0.4 is 0 Å². The molecule has 17 heavy (non-hydrogen) atoms. The van der Waals surface area contributed by atoms with Crippen LogP contribution in [0.1, 0.15) is 6.92 Å². The first-order valence-electron chi connectivity index (χ1n) is 4.53. The zero-order valence-electron chi connectivity index (χ0n) is 8.96. The van der Waals surface area contributed by atoms with Gasteiger partial charge in [0.2, 0.25) is 5.60 Å². The Morgan fingerprint density at radius 1 is 1.59 bits per heavy atom. The van der Waals surface area contributed by atoms with Gasteiger partial charge in [-0.3, -0.25) is 4.79 Å². The second-order valence-corrected chi connectivity index (χ2v) is 4.53. The molecule has 0 aromatic heterocycles. The molecule has 0 bridgehead atoms. The maximum absolute atomic E-state index is 11.6. The fourth-order valence-electron chi connectivity index (χ4n) is 1.51. The summed E-state index contributed by atoms with van der Waals surface area (Å²) in [6.45, 7) is 1.56. The Labute approximate surface area is 113 Å². The highest BCUT2D eigenvalue weighted by molar-refractivity contribution is 6.53. The number of carbonyl (C=O) groups is 2. The molecule has 0 spiro atoms. The number of allylic oxidation sites excluding steroid dienone is 2. The van der Waals surface area contributed by atoms with Crippen LogP contribution in [0.3, 0.4) is 0 Å². The zero-order valence-corrected chi connectivity index (χ0v) is 11.2. The molecule has 1 N–H and O–H groups in total. The Hall–Kier alpha value is -0.550. The van der Waals surface area contributed by atoms with Crippen molar-refractivity contribution in [3.63, 3.8) is 0 Å². The minimum atomic E-state index is -2.35. The van der Waals surface area contributed by atoms with Crippen molar-refractivity contribution < 1.29 is 19.4 Å². The van der Waals surface area contributed by atoms with Gasteiger partial charge >= 0.3 is 5.97 Å². The van der Waals surface area contributed by atoms with Crippen molar-refractivity contribution in [1.82, 2.24) is 0 Å². The molecule has 0 unspecified atom stereocenters. The summed E-state index contributed by atoms with van der Waals surface area (Å²) < 4.78 is 4.42. The number of halogens is 3. The van der Waals surface area contributed by atoms with E-state index in [1.807, 2.05) is 0 Å². The molecule has 0 fully saturated rings. The molecule has 0 heterocycles. The third kappa shape index (κ3) is 1.99. The number of Topliss-reactive ketones (excluding diaryl/α,β-unsaturated/α-hetero) is 1. The van der Waals surface area contributed by atoms with Gasteiger partial charge in [0.25, 0.3) is 0 Å². The Kier molecular flexibility index (Phi) is 4.25. The predicted molar refractivity (Wildman–Crippen MR) is 64.1 cm³/mol. The highest BCUT2D eigenvalue weighted by atomic mass is 35.5. The van der Waals surface area contributed by atoms with Crippen LogP contribution in [-0.4, -0.2) is 34.9 Å². The smallest absolute Gasteiger partial charge is 0.344 e. The molecule has 0 radical (unpaired) electrons. The van der Waals surface area contributed by atoms with E-state index in [0.717, 1.165) is 7.11 Å². The summed E-state index contributed by atoms with van der Waals surface area (Å²) in [6, 6.07) is 0. The maximum Gasteiger partial charge on any atom is 0.344 e. The SMILES string of the molecule is C/C=C(/Cl)C1=C(Cl)C(=O)[C@@H](Cl)[C@@]1(O)C(=O)OC. The second-order valence-electron chi connectivity index (χ2n) is 3.31. The monoisotopic (exact) mass is 298 g/mol. The normalized spacial score (nSPS) is 29.9. The van der Waals surface area contributed by atoms with Crippen molar-refractivity contribution in [1.29, 1.82) is 0 Å². The highest BCUT2D eigenvalue weighted by Gasteiger charge is 2.58. The van der Waals surface area contributed by atoms with E-state index in [-0.39, 0.29) is 15.6 Å². The Balaban J connectivity index is 3.48. The van der Waals surface area contributed by atoms with Gasteiger partial charge in [0.1, 0.15) is 5.38 Å². The van der Waals surface area contributed by atoms with Gasteiger partial charge in [0.05, 0.1) is 12.1 Å². The number of hydrogen-bond acceptors (Lipinski definition) is 4. The quantitative estimate of drug-likeness (QED) is 0.623. The number of hydrogen-bond donors (Lipinski definition) is 1. The summed E-state index contributed by atoms with van der Waals surface area (Å²) in [4.78, 5) is 23.2. The minimum absolute atomic E-state index is 0.0283. The molecule has 0 aliphatic heterocycles. The van der Waals surface area contributed by atoms with Crippen molar-refractivity contribution >= 4 is 46.6 Å². The van der Waals surface area contributed by atoms with Crippen LogP contribution in [0.2, 0.25) is 0 Å². The van der Waals surface area contributed by atoms with Crippen molar-refractivity contribution in [2.45, 2.75) is 17.9 Å². The molecule has 0 saturated heterocycles. The number of esters is 1. The van der Waals surface area contributed by atoms with Crippen LogP contribution in [0.4, 0.5) is 0 Å². The number of aliphatic hydroxyl groups is 1. The van der Waals surface area contributed by atoms with Crippen molar-refractivity contribution in [3.05, 3.63) is 21.7 Å². The number of ether oxygens (including phenoxy) is 1. The van der Waals surface area contributed by atoms with Gasteiger partial charge < -0.3 is 9.84 Å². The lowest BCUT2D eigenvalue weighted by molar-refractivity contribution is -0.158. The number of rotatable bonds is 2. The lowest BCUT2D eigenvalue weighted by Gasteiger charge is -2.25. The van der Waals surface area contributed by atoms with E-state index < -0.39 is 22.7 Å². The number of carbonyl (C=O) groups excluding carboxylic acids is 2. The topological polar surface area (TPSA) is 63.6 Å². The summed E-state index contributed by atoms with van der Waals surface area (Å²) in [6.07, 6.45) is 1.38. The van der Waals surface area contributed by atoms with E-state index in [0.29, 0.717) is 0 Å². The lowest BCUT2D eigenvalue weighted by atomic mass is 9.94. The highest BCUT2D eigenvalue weighted by Crippen LogP contribution is 2.44. The summed E-state index contributed by atoms with van der Waals surface area (Å²) in [7, 11) is 1.06. The largest absolute Gasteiger partial charge is 0.467 e. The van der Waals surface area contributed by atoms with E-state index in [9.17, 15) is 14.7 Å². The van der Waals surface area contributed by atoms with Crippen LogP contribution in [0.25, 0.3) is 0 Å². The van der Waals surface area contributed by atoms with Gasteiger partial charge in [-0.2, -0.15) is 0 Å². The Bertz CT molecular complexity index is 441. The molecule has 7 heteroatoms. The number of methoxy groups -OCH3 is 1. The fourth-order valence-corrected chi connectivity index (χ4v) is 2.52. The van der Waals surface area contributed by atoms with Gasteiger partial charge in [-0.05, 0) is 6.92 Å². The van der Waals surface area contributed by atoms with E-state index in [4.69, 9.17) is 34.8 Å². The molecule has 1 aliphatic carbocycles. The fraction of sp³-hybridized carbons (Fsp3) is 0.400. The third-order valence-corrected chi connectivity index (χ3v) is 3.70. The van der Waals surface area contributed by atoms with E-state index in [2.05, 4.69) is 4.74 Å². The van der Waals surface area contributed by atoms with Crippen LogP contribution >= 0.6 is 34.8 Å². The zero-order chi connectivity index (χ0) is 13.4. The maximum atomic E-state index is 11.6. The van der Waals surface area contributed by atoms with E-state index in [1.165, 1.54) is 6.08 Å². The lowest BCUT2D eigenvalue weighted by Crippen LogP contribution is -2.48. The minimum Gasteiger partial charge on any atom is -0.467 e. The number of alkyl halides is 1. The summed E-state index contributed by atoms with van der Waals surface area (Å²) in [5.74, 6) is -1.85. The molecule has 1 rings (SSSR count). The van der Waals surface area contributed by atoms with Crippen LogP contribution in [0.15, 0.2) is 21.7 Å². The molecule has 0 aromatic carbocycles. The molecule has 0 amide bonds. The first kappa shape index (κ1) is 14.5. The second kappa shape index (κ2) is 4.98. The summed E-state index contributed by atoms with van der Waals surface area (Å²) in [5.41, 5.74) is -2.58. The van der Waals surface area contributed by atoms with Gasteiger partial charge in [-0.15, -0.1) is 11.6 Å². The Morgan fingerprint density at radius 3 is 2.53 bits per heavy atom. The van der Waals surface area contributed by atoms with Crippen molar-refractivity contribution in [2.24, 2.45) is 0 Å². The molecule has 94 valence electrons. The van der Waals surface area contributed by atoms with Gasteiger partial charge in [-0.1, -0.05) is 29.3 Å². The first-order valence-corrected chi connectivity index (χ1v) is 5.73. The first-order chi connectivity index (χ1) is 7.82. The Morgan fingerprint density at radius 2 is 2.12 bits per heavy atom. The molecule has 4 nitrogen and oxygen atoms in total. The molecule has 0 saturated carbocycles. The van der Waals surface area contributed by atoms with Crippen LogP contribution in [0.5, 0.6) is 0 Å². The number of ketones is 1. The predicted octanol–water partition coefficient (Wildman–Crippen LogP) is 1.72. The summed E-state index contributed by atoms with van der Waals surface area (Å²) in [5, 5.41) is 8.30. The standard InChI is InChI=1S/C10H9Cl3O4/c1-3-4(11)5-6(12)7(14)8(13)10(5,16)9(15)17-2/h3,8,16H,1-2H3/b4-3+/t8-,10-/m1/s1. The average molecular weight is 300 g/mol. The molecule has 1 aliphatic rings. The van der Waals surface area contributed by atoms with Crippen molar-refractivity contribution in [2.75, 3.05) is 7.11 Å². The molecular formula is C10H9Cl3O4. The van der Waals surface area contributed by atoms with E-state index >= 15 is 0 Å². The molecule has 0 aromatic rings. The van der Waals surface area contributed by atoms with Gasteiger partial charge in [0, 0.05) is 10.6 Å². The molecular weight excluding hydrogens is 290 g/mol. The van der Waals surface area contributed by atoms with Gasteiger partial charge in [0.15, 0.2) is 5.78 Å². The van der Waals surface area contributed by atoms with Crippen LogP contribution in [0, 0.1) is 0 Å². The average Bonchev–Trinajstić information content (AvgIpc) is 2.50. The van der Waals surface area contributed by atoms with Crippen LogP contribution in [-0.2, 0) is 14.3 Å². The third-order valence-electron chi connectivity index (χ3n) is 2.40. The van der Waals surface area contributed by atoms with Gasteiger partial charge in [-0.25, -0.2) is 4.79 Å².